The van der Waals surface area contributed by atoms with E-state index in [9.17, 15) is 4.79 Å². The van der Waals surface area contributed by atoms with Crippen molar-refractivity contribution in [1.29, 1.82) is 0 Å². The molecule has 0 bridgehead atoms. The van der Waals surface area contributed by atoms with E-state index in [0.29, 0.717) is 24.2 Å². The molecule has 0 spiro atoms. The molecule has 1 atom stereocenters. The van der Waals surface area contributed by atoms with E-state index in [2.05, 4.69) is 10.2 Å². The van der Waals surface area contributed by atoms with Crippen LogP contribution in [0.25, 0.3) is 0 Å². The van der Waals surface area contributed by atoms with Crippen LogP contribution in [0.15, 0.2) is 12.1 Å². The molecule has 1 fully saturated rings. The minimum absolute atomic E-state index is 0.00247. The Balaban J connectivity index is 1.90. The van der Waals surface area contributed by atoms with Crippen molar-refractivity contribution in [3.8, 4) is 5.88 Å². The van der Waals surface area contributed by atoms with Crippen molar-refractivity contribution in [3.05, 3.63) is 17.3 Å². The Bertz CT molecular complexity index is 487. The molecule has 116 valence electrons. The van der Waals surface area contributed by atoms with Gasteiger partial charge in [-0.25, -0.2) is 4.79 Å². The summed E-state index contributed by atoms with van der Waals surface area (Å²) in [7, 11) is 0. The highest BCUT2D eigenvalue weighted by atomic mass is 35.5. The zero-order chi connectivity index (χ0) is 15.5. The zero-order valence-corrected chi connectivity index (χ0v) is 13.3. The molecule has 1 aromatic rings. The summed E-state index contributed by atoms with van der Waals surface area (Å²) < 4.78 is 11.0. The van der Waals surface area contributed by atoms with Gasteiger partial charge < -0.3 is 14.4 Å². The summed E-state index contributed by atoms with van der Waals surface area (Å²) in [4.78, 5) is 13.8. The summed E-state index contributed by atoms with van der Waals surface area (Å²) in [5.41, 5.74) is -0.493. The van der Waals surface area contributed by atoms with E-state index < -0.39 is 5.60 Å². The lowest BCUT2D eigenvalue weighted by atomic mass is 10.2. The quantitative estimate of drug-likeness (QED) is 0.858. The minimum atomic E-state index is -0.493. The lowest BCUT2D eigenvalue weighted by molar-refractivity contribution is 0.0185. The minimum Gasteiger partial charge on any atom is -0.474 e. The smallest absolute Gasteiger partial charge is 0.410 e. The molecule has 1 aliphatic heterocycles. The second-order valence-electron chi connectivity index (χ2n) is 5.98. The topological polar surface area (TPSA) is 64.5 Å². The van der Waals surface area contributed by atoms with Gasteiger partial charge in [-0.3, -0.25) is 0 Å². The van der Waals surface area contributed by atoms with Gasteiger partial charge in [0.15, 0.2) is 5.15 Å². The lowest BCUT2D eigenvalue weighted by Gasteiger charge is -2.28. The number of aromatic nitrogens is 2. The van der Waals surface area contributed by atoms with Crippen LogP contribution in [0.5, 0.6) is 5.88 Å². The first kappa shape index (κ1) is 15.8. The molecule has 7 heteroatoms. The number of likely N-dealkylation sites (tertiary alicyclic amines) is 1. The van der Waals surface area contributed by atoms with Crippen molar-refractivity contribution in [2.45, 2.75) is 45.3 Å². The maximum absolute atomic E-state index is 12.1. The van der Waals surface area contributed by atoms with Crippen molar-refractivity contribution in [2.75, 3.05) is 13.2 Å². The van der Waals surface area contributed by atoms with Gasteiger partial charge in [0.25, 0.3) is 0 Å². The van der Waals surface area contributed by atoms with E-state index >= 15 is 0 Å². The van der Waals surface area contributed by atoms with E-state index in [4.69, 9.17) is 21.1 Å². The van der Waals surface area contributed by atoms with E-state index in [-0.39, 0.29) is 12.1 Å². The fourth-order valence-corrected chi connectivity index (χ4v) is 2.23. The first-order valence-corrected chi connectivity index (χ1v) is 7.34. The summed E-state index contributed by atoms with van der Waals surface area (Å²) in [6.45, 7) is 6.63. The summed E-state index contributed by atoms with van der Waals surface area (Å²) in [5.74, 6) is 0.399. The molecule has 0 unspecified atom stereocenters. The zero-order valence-electron chi connectivity index (χ0n) is 12.5. The van der Waals surface area contributed by atoms with Gasteiger partial charge in [0.2, 0.25) is 5.88 Å². The van der Waals surface area contributed by atoms with Gasteiger partial charge in [0.1, 0.15) is 12.2 Å². The number of amides is 1. The third kappa shape index (κ3) is 4.74. The first-order valence-electron chi connectivity index (χ1n) is 6.97. The Morgan fingerprint density at radius 3 is 2.81 bits per heavy atom. The van der Waals surface area contributed by atoms with Crippen molar-refractivity contribution < 1.29 is 14.3 Å². The number of ether oxygens (including phenoxy) is 2. The van der Waals surface area contributed by atoms with Crippen molar-refractivity contribution >= 4 is 17.7 Å². The highest BCUT2D eigenvalue weighted by Crippen LogP contribution is 2.21. The number of halogens is 1. The molecular formula is C14H20ClN3O3. The molecule has 21 heavy (non-hydrogen) atoms. The lowest BCUT2D eigenvalue weighted by Crippen LogP contribution is -2.42. The van der Waals surface area contributed by atoms with E-state index in [1.165, 1.54) is 0 Å². The van der Waals surface area contributed by atoms with Gasteiger partial charge >= 0.3 is 6.09 Å². The maximum Gasteiger partial charge on any atom is 0.410 e. The van der Waals surface area contributed by atoms with Gasteiger partial charge in [0, 0.05) is 12.6 Å². The average Bonchev–Trinajstić information content (AvgIpc) is 2.84. The van der Waals surface area contributed by atoms with Crippen LogP contribution in [-0.4, -0.2) is 46.0 Å². The summed E-state index contributed by atoms with van der Waals surface area (Å²) >= 11 is 5.67. The van der Waals surface area contributed by atoms with Crippen molar-refractivity contribution in [3.63, 3.8) is 0 Å². The second-order valence-corrected chi connectivity index (χ2v) is 6.36. The van der Waals surface area contributed by atoms with Gasteiger partial charge in [0.05, 0.1) is 6.04 Å². The van der Waals surface area contributed by atoms with Gasteiger partial charge in [-0.15, -0.1) is 10.2 Å². The van der Waals surface area contributed by atoms with Crippen LogP contribution in [0.2, 0.25) is 5.15 Å². The Morgan fingerprint density at radius 2 is 2.19 bits per heavy atom. The number of carbonyl (C=O) groups is 1. The fraction of sp³-hybridized carbons (Fsp3) is 0.643. The molecule has 0 N–H and O–H groups in total. The van der Waals surface area contributed by atoms with Crippen molar-refractivity contribution in [1.82, 2.24) is 15.1 Å². The molecule has 0 aromatic carbocycles. The Hall–Kier alpha value is -1.56. The fourth-order valence-electron chi connectivity index (χ4n) is 2.13. The van der Waals surface area contributed by atoms with Crippen molar-refractivity contribution in [2.24, 2.45) is 0 Å². The molecular weight excluding hydrogens is 294 g/mol. The van der Waals surface area contributed by atoms with Gasteiger partial charge in [-0.1, -0.05) is 11.6 Å². The highest BCUT2D eigenvalue weighted by Gasteiger charge is 2.32. The normalized spacial score (nSPS) is 18.7. The number of hydrogen-bond donors (Lipinski definition) is 0. The van der Waals surface area contributed by atoms with E-state index in [1.807, 2.05) is 20.8 Å². The third-order valence-corrected chi connectivity index (χ3v) is 3.24. The molecule has 0 radical (unpaired) electrons. The van der Waals surface area contributed by atoms with E-state index in [0.717, 1.165) is 12.8 Å². The molecule has 0 aliphatic carbocycles. The standard InChI is InChI=1S/C14H20ClN3O3/c1-14(2,3)21-13(19)18-8-4-5-10(18)9-20-12-7-6-11(15)16-17-12/h6-7,10H,4-5,8-9H2,1-3H3/t10-/m0/s1. The summed E-state index contributed by atoms with van der Waals surface area (Å²) in [6.07, 6.45) is 1.54. The van der Waals surface area contributed by atoms with E-state index in [1.54, 1.807) is 17.0 Å². The first-order chi connectivity index (χ1) is 9.85. The molecule has 1 saturated heterocycles. The molecule has 1 amide bonds. The summed E-state index contributed by atoms with van der Waals surface area (Å²) in [6, 6.07) is 3.27. The molecule has 1 aromatic heterocycles. The highest BCUT2D eigenvalue weighted by molar-refractivity contribution is 6.29. The number of carbonyl (C=O) groups excluding carboxylic acids is 1. The number of rotatable bonds is 3. The molecule has 1 aliphatic rings. The predicted molar refractivity (Wildman–Crippen MR) is 78.5 cm³/mol. The van der Waals surface area contributed by atoms with Crippen LogP contribution in [-0.2, 0) is 4.74 Å². The largest absolute Gasteiger partial charge is 0.474 e. The second kappa shape index (κ2) is 6.47. The molecule has 2 rings (SSSR count). The van der Waals surface area contributed by atoms with Gasteiger partial charge in [-0.05, 0) is 39.7 Å². The number of hydrogen-bond acceptors (Lipinski definition) is 5. The monoisotopic (exact) mass is 313 g/mol. The number of nitrogens with zero attached hydrogens (tertiary/aromatic N) is 3. The Kier molecular flexibility index (Phi) is 4.88. The van der Waals surface area contributed by atoms with Crippen LogP contribution in [0.1, 0.15) is 33.6 Å². The third-order valence-electron chi connectivity index (χ3n) is 3.04. The van der Waals surface area contributed by atoms with Crippen LogP contribution >= 0.6 is 11.6 Å². The Morgan fingerprint density at radius 1 is 1.43 bits per heavy atom. The summed E-state index contributed by atoms with van der Waals surface area (Å²) in [5, 5.41) is 7.86. The molecule has 2 heterocycles. The van der Waals surface area contributed by atoms with Crippen LogP contribution in [0.3, 0.4) is 0 Å². The van der Waals surface area contributed by atoms with Crippen LogP contribution < -0.4 is 4.74 Å². The Labute approximate surface area is 129 Å². The predicted octanol–water partition coefficient (Wildman–Crippen LogP) is 2.91. The van der Waals surface area contributed by atoms with Crippen LogP contribution in [0, 0.1) is 0 Å². The SMILES string of the molecule is CC(C)(C)OC(=O)N1CCC[C@H]1COc1ccc(Cl)nn1. The maximum atomic E-state index is 12.1. The van der Waals surface area contributed by atoms with Gasteiger partial charge in [-0.2, -0.15) is 0 Å². The molecule has 0 saturated carbocycles. The average molecular weight is 314 g/mol. The molecule has 6 nitrogen and oxygen atoms in total. The van der Waals surface area contributed by atoms with Crippen LogP contribution in [0.4, 0.5) is 4.79 Å².